The molecule has 3 saturated carbocycles. The predicted molar refractivity (Wildman–Crippen MR) is 113 cm³/mol. The maximum atomic E-state index is 10.1. The van der Waals surface area contributed by atoms with E-state index in [-0.39, 0.29) is 0 Å². The van der Waals surface area contributed by atoms with Gasteiger partial charge in [-0.05, 0) is 72.8 Å². The van der Waals surface area contributed by atoms with E-state index in [2.05, 4.69) is 32.6 Å². The van der Waals surface area contributed by atoms with E-state index in [1.54, 1.807) is 0 Å². The van der Waals surface area contributed by atoms with Crippen LogP contribution in [-0.2, 0) is 4.74 Å². The van der Waals surface area contributed by atoms with Crippen LogP contribution < -0.4 is 0 Å². The molecular weight excluding hydrogens is 350 g/mol. The summed E-state index contributed by atoms with van der Waals surface area (Å²) in [5, 5.41) is 27.2. The standard InChI is InChI=1S/C24H37NO3/c1-16(15-28-12-11-25)21-8-9-22-18(5-4-10-24(21,22)3)6-7-19-13-20(26)14-23(27)17(19)2/h6-7,11,16,20-23,25-27H,2,4-5,8-10,12-15H2,1,3H3/b18-6+,19-7-,25-11?/t16-,20-,21-,22+,23+,24-/m1/s1. The quantitative estimate of drug-likeness (QED) is 0.466. The molecule has 0 aromatic rings. The average Bonchev–Trinajstić information content (AvgIpc) is 3.01. The van der Waals surface area contributed by atoms with E-state index in [0.29, 0.717) is 42.6 Å². The van der Waals surface area contributed by atoms with Crippen LogP contribution >= 0.6 is 0 Å². The summed E-state index contributed by atoms with van der Waals surface area (Å²) < 4.78 is 5.64. The molecule has 4 heteroatoms. The van der Waals surface area contributed by atoms with Gasteiger partial charge in [-0.3, -0.25) is 0 Å². The van der Waals surface area contributed by atoms with Gasteiger partial charge >= 0.3 is 0 Å². The lowest BCUT2D eigenvalue weighted by Gasteiger charge is -2.44. The topological polar surface area (TPSA) is 73.5 Å². The molecule has 0 aromatic heterocycles. The first kappa shape index (κ1) is 21.5. The fourth-order valence-electron chi connectivity index (χ4n) is 6.11. The molecule has 0 saturated heterocycles. The highest BCUT2D eigenvalue weighted by atomic mass is 16.5. The van der Waals surface area contributed by atoms with Crippen molar-refractivity contribution in [1.82, 2.24) is 0 Å². The molecule has 3 aliphatic carbocycles. The molecular formula is C24H37NO3. The van der Waals surface area contributed by atoms with Crippen molar-refractivity contribution in [3.8, 4) is 0 Å². The summed E-state index contributed by atoms with van der Waals surface area (Å²) in [5.41, 5.74) is 3.60. The van der Waals surface area contributed by atoms with Gasteiger partial charge in [0.1, 0.15) is 0 Å². The Morgan fingerprint density at radius 3 is 2.86 bits per heavy atom. The summed E-state index contributed by atoms with van der Waals surface area (Å²) in [6.45, 7) is 9.96. The highest BCUT2D eigenvalue weighted by Gasteiger charge is 2.50. The van der Waals surface area contributed by atoms with Gasteiger partial charge in [0.2, 0.25) is 0 Å². The number of aliphatic hydroxyl groups excluding tert-OH is 2. The second-order valence-electron chi connectivity index (χ2n) is 9.38. The van der Waals surface area contributed by atoms with E-state index < -0.39 is 12.2 Å². The fourth-order valence-corrected chi connectivity index (χ4v) is 6.11. The smallest absolute Gasteiger partial charge is 0.0811 e. The first-order valence-corrected chi connectivity index (χ1v) is 10.9. The molecule has 28 heavy (non-hydrogen) atoms. The van der Waals surface area contributed by atoms with E-state index in [1.807, 2.05) is 0 Å². The van der Waals surface area contributed by atoms with Crippen LogP contribution in [0.15, 0.2) is 35.5 Å². The Kier molecular flexibility index (Phi) is 6.95. The lowest BCUT2D eigenvalue weighted by atomic mass is 9.61. The Hall–Kier alpha value is -1.23. The van der Waals surface area contributed by atoms with Gasteiger partial charge in [-0.2, -0.15) is 0 Å². The number of rotatable bonds is 6. The molecule has 156 valence electrons. The Morgan fingerprint density at radius 1 is 1.32 bits per heavy atom. The second kappa shape index (κ2) is 9.06. The van der Waals surface area contributed by atoms with Gasteiger partial charge in [0.25, 0.3) is 0 Å². The number of aliphatic hydroxyl groups is 2. The zero-order chi connectivity index (χ0) is 20.3. The van der Waals surface area contributed by atoms with Crippen molar-refractivity contribution in [3.05, 3.63) is 35.5 Å². The summed E-state index contributed by atoms with van der Waals surface area (Å²) in [5.74, 6) is 1.78. The van der Waals surface area contributed by atoms with Crippen molar-refractivity contribution in [2.75, 3.05) is 13.2 Å². The third-order valence-electron chi connectivity index (χ3n) is 7.57. The SMILES string of the molecule is C=C1/C(=C\C=C2/CCC[C@]3(C)[C@@H]([C@H](C)COCC=N)CC[C@@H]23)C[C@@H](O)C[C@@H]1O. The van der Waals surface area contributed by atoms with Gasteiger partial charge in [-0.25, -0.2) is 0 Å². The average molecular weight is 388 g/mol. The van der Waals surface area contributed by atoms with Crippen LogP contribution in [0, 0.1) is 28.6 Å². The van der Waals surface area contributed by atoms with Crippen molar-refractivity contribution >= 4 is 6.21 Å². The van der Waals surface area contributed by atoms with Gasteiger partial charge in [0.15, 0.2) is 0 Å². The highest BCUT2D eigenvalue weighted by molar-refractivity contribution is 5.54. The third kappa shape index (κ3) is 4.34. The molecule has 0 heterocycles. The Balaban J connectivity index is 1.74. The summed E-state index contributed by atoms with van der Waals surface area (Å²) in [7, 11) is 0. The number of hydrogen-bond acceptors (Lipinski definition) is 4. The van der Waals surface area contributed by atoms with Crippen molar-refractivity contribution in [1.29, 1.82) is 5.41 Å². The maximum absolute atomic E-state index is 10.1. The molecule has 0 radical (unpaired) electrons. The molecule has 0 aliphatic heterocycles. The number of ether oxygens (including phenoxy) is 1. The molecule has 4 nitrogen and oxygen atoms in total. The Morgan fingerprint density at radius 2 is 2.11 bits per heavy atom. The van der Waals surface area contributed by atoms with Crippen molar-refractivity contribution < 1.29 is 14.9 Å². The molecule has 0 spiro atoms. The predicted octanol–water partition coefficient (Wildman–Crippen LogP) is 4.43. The molecule has 6 atom stereocenters. The van der Waals surface area contributed by atoms with Gasteiger partial charge in [-0.1, -0.05) is 38.2 Å². The first-order valence-electron chi connectivity index (χ1n) is 10.9. The maximum Gasteiger partial charge on any atom is 0.0811 e. The minimum Gasteiger partial charge on any atom is -0.393 e. The van der Waals surface area contributed by atoms with Crippen molar-refractivity contribution in [3.63, 3.8) is 0 Å². The van der Waals surface area contributed by atoms with Crippen LogP contribution in [0.5, 0.6) is 0 Å². The van der Waals surface area contributed by atoms with E-state index in [0.717, 1.165) is 24.2 Å². The van der Waals surface area contributed by atoms with Gasteiger partial charge in [-0.15, -0.1) is 0 Å². The second-order valence-corrected chi connectivity index (χ2v) is 9.38. The monoisotopic (exact) mass is 387 g/mol. The number of allylic oxidation sites excluding steroid dienone is 3. The van der Waals surface area contributed by atoms with Crippen LogP contribution in [0.25, 0.3) is 0 Å². The van der Waals surface area contributed by atoms with Gasteiger partial charge in [0.05, 0.1) is 18.8 Å². The van der Waals surface area contributed by atoms with E-state index in [1.165, 1.54) is 37.5 Å². The number of nitrogens with one attached hydrogen (secondary N) is 1. The van der Waals surface area contributed by atoms with E-state index >= 15 is 0 Å². The molecule has 3 N–H and O–H groups in total. The first-order chi connectivity index (χ1) is 13.4. The van der Waals surface area contributed by atoms with Crippen LogP contribution in [0.1, 0.15) is 58.8 Å². The normalized spacial score (nSPS) is 39.9. The molecule has 0 unspecified atom stereocenters. The van der Waals surface area contributed by atoms with E-state index in [4.69, 9.17) is 10.1 Å². The lowest BCUT2D eigenvalue weighted by Crippen LogP contribution is -2.37. The highest BCUT2D eigenvalue weighted by Crippen LogP contribution is 2.59. The van der Waals surface area contributed by atoms with Gasteiger partial charge < -0.3 is 20.4 Å². The number of fused-ring (bicyclic) bond motifs is 1. The van der Waals surface area contributed by atoms with Gasteiger partial charge in [0, 0.05) is 19.2 Å². The van der Waals surface area contributed by atoms with Crippen molar-refractivity contribution in [2.45, 2.75) is 71.0 Å². The lowest BCUT2D eigenvalue weighted by molar-refractivity contribution is 0.0463. The molecule has 0 bridgehead atoms. The number of hydrogen-bond donors (Lipinski definition) is 3. The minimum atomic E-state index is -0.623. The summed E-state index contributed by atoms with van der Waals surface area (Å²) >= 11 is 0. The zero-order valence-corrected chi connectivity index (χ0v) is 17.5. The molecule has 3 rings (SSSR count). The fraction of sp³-hybridized carbons (Fsp3) is 0.708. The summed E-state index contributed by atoms with van der Waals surface area (Å²) in [4.78, 5) is 0. The van der Waals surface area contributed by atoms with Crippen molar-refractivity contribution in [2.24, 2.45) is 23.2 Å². The molecule has 3 aliphatic rings. The minimum absolute atomic E-state index is 0.318. The van der Waals surface area contributed by atoms with Crippen LogP contribution in [0.4, 0.5) is 0 Å². The van der Waals surface area contributed by atoms with E-state index in [9.17, 15) is 10.2 Å². The molecule has 3 fully saturated rings. The Bertz CT molecular complexity index is 652. The zero-order valence-electron chi connectivity index (χ0n) is 17.5. The van der Waals surface area contributed by atoms with Crippen LogP contribution in [0.3, 0.4) is 0 Å². The summed E-state index contributed by atoms with van der Waals surface area (Å²) in [6, 6.07) is 0. The largest absolute Gasteiger partial charge is 0.393 e. The Labute approximate surface area is 169 Å². The van der Waals surface area contributed by atoms with Crippen LogP contribution in [-0.4, -0.2) is 41.8 Å². The summed E-state index contributed by atoms with van der Waals surface area (Å²) in [6.07, 6.45) is 11.7. The molecule has 0 amide bonds. The third-order valence-corrected chi connectivity index (χ3v) is 7.57. The van der Waals surface area contributed by atoms with Crippen LogP contribution in [0.2, 0.25) is 0 Å². The molecule has 0 aromatic carbocycles.